The summed E-state index contributed by atoms with van der Waals surface area (Å²) in [5, 5.41) is 0. The fourth-order valence-electron chi connectivity index (χ4n) is 3.24. The van der Waals surface area contributed by atoms with Gasteiger partial charge in [0.2, 0.25) is 11.9 Å². The molecule has 2 heterocycles. The number of carbonyl (C=O) groups excluding carboxylic acids is 2. The van der Waals surface area contributed by atoms with Crippen molar-refractivity contribution in [3.05, 3.63) is 52.8 Å². The number of hydrogen-bond acceptors (Lipinski definition) is 5. The number of amides is 2. The van der Waals surface area contributed by atoms with Crippen molar-refractivity contribution in [2.75, 3.05) is 18.8 Å². The van der Waals surface area contributed by atoms with E-state index in [2.05, 4.69) is 16.0 Å². The van der Waals surface area contributed by atoms with E-state index in [1.54, 1.807) is 29.7 Å². The van der Waals surface area contributed by atoms with Gasteiger partial charge < -0.3 is 15.5 Å². The fourth-order valence-corrected chi connectivity index (χ4v) is 3.24. The van der Waals surface area contributed by atoms with E-state index in [0.29, 0.717) is 25.3 Å². The zero-order chi connectivity index (χ0) is 18.8. The number of nitrogens with two attached hydrogens (primary N) is 1. The van der Waals surface area contributed by atoms with E-state index >= 15 is 0 Å². The van der Waals surface area contributed by atoms with Crippen molar-refractivity contribution in [2.24, 2.45) is 0 Å². The average Bonchev–Trinajstić information content (AvgIpc) is 2.58. The highest BCUT2D eigenvalue weighted by atomic mass is 16.2. The summed E-state index contributed by atoms with van der Waals surface area (Å²) in [5.41, 5.74) is 8.74. The van der Waals surface area contributed by atoms with Gasteiger partial charge in [-0.05, 0) is 32.4 Å². The molecule has 1 atom stereocenters. The zero-order valence-corrected chi connectivity index (χ0v) is 15.3. The number of rotatable bonds is 3. The maximum atomic E-state index is 12.8. The van der Waals surface area contributed by atoms with Gasteiger partial charge in [-0.3, -0.25) is 9.59 Å². The summed E-state index contributed by atoms with van der Waals surface area (Å²) < 4.78 is 0. The van der Waals surface area contributed by atoms with Crippen LogP contribution in [-0.4, -0.2) is 50.7 Å². The summed E-state index contributed by atoms with van der Waals surface area (Å²) in [6.45, 7) is 7.03. The Morgan fingerprint density at radius 3 is 2.69 bits per heavy atom. The minimum atomic E-state index is -0.544. The minimum absolute atomic E-state index is 0.0606. The van der Waals surface area contributed by atoms with Crippen LogP contribution in [0.4, 0.5) is 5.95 Å². The number of nitrogens with zero attached hydrogens (tertiary/aromatic N) is 4. The first-order chi connectivity index (χ1) is 12.3. The van der Waals surface area contributed by atoms with Gasteiger partial charge in [0.15, 0.2) is 0 Å². The lowest BCUT2D eigenvalue weighted by molar-refractivity contribution is -0.140. The number of anilines is 1. The lowest BCUT2D eigenvalue weighted by Crippen LogP contribution is -2.57. The Morgan fingerprint density at radius 1 is 1.23 bits per heavy atom. The molecule has 0 aliphatic carbocycles. The predicted molar refractivity (Wildman–Crippen MR) is 98.3 cm³/mol. The first kappa shape index (κ1) is 17.8. The van der Waals surface area contributed by atoms with Crippen molar-refractivity contribution in [2.45, 2.75) is 33.4 Å². The summed E-state index contributed by atoms with van der Waals surface area (Å²) in [5.74, 6) is -0.298. The van der Waals surface area contributed by atoms with Crippen molar-refractivity contribution in [3.8, 4) is 0 Å². The second-order valence-corrected chi connectivity index (χ2v) is 6.68. The molecule has 0 radical (unpaired) electrons. The third-order valence-electron chi connectivity index (χ3n) is 4.55. The molecule has 1 fully saturated rings. The summed E-state index contributed by atoms with van der Waals surface area (Å²) in [7, 11) is 0. The van der Waals surface area contributed by atoms with Gasteiger partial charge in [0.1, 0.15) is 11.7 Å². The first-order valence-corrected chi connectivity index (χ1v) is 8.61. The molecule has 1 saturated heterocycles. The number of hydrogen-bond donors (Lipinski definition) is 1. The Balaban J connectivity index is 1.74. The van der Waals surface area contributed by atoms with E-state index in [1.807, 2.05) is 25.1 Å². The van der Waals surface area contributed by atoms with Gasteiger partial charge in [0, 0.05) is 25.3 Å². The molecular weight excluding hydrogens is 330 g/mol. The maximum Gasteiger partial charge on any atom is 0.273 e. The molecule has 0 saturated carbocycles. The van der Waals surface area contributed by atoms with Crippen LogP contribution in [-0.2, 0) is 11.3 Å². The third kappa shape index (κ3) is 3.66. The molecule has 7 nitrogen and oxygen atoms in total. The summed E-state index contributed by atoms with van der Waals surface area (Å²) in [6.07, 6.45) is 0. The molecule has 7 heteroatoms. The number of nitrogen functional groups attached to an aromatic ring is 1. The van der Waals surface area contributed by atoms with Gasteiger partial charge in [-0.2, -0.15) is 0 Å². The number of piperazine rings is 1. The van der Waals surface area contributed by atoms with E-state index in [4.69, 9.17) is 5.73 Å². The molecule has 26 heavy (non-hydrogen) atoms. The van der Waals surface area contributed by atoms with Crippen molar-refractivity contribution in [1.29, 1.82) is 0 Å². The second-order valence-electron chi connectivity index (χ2n) is 6.68. The van der Waals surface area contributed by atoms with Crippen LogP contribution in [0.5, 0.6) is 0 Å². The van der Waals surface area contributed by atoms with Crippen LogP contribution >= 0.6 is 0 Å². The second kappa shape index (κ2) is 7.11. The Labute approximate surface area is 152 Å². The Kier molecular flexibility index (Phi) is 4.88. The normalized spacial score (nSPS) is 17.5. The maximum absolute atomic E-state index is 12.8. The first-order valence-electron chi connectivity index (χ1n) is 8.61. The molecule has 1 aromatic carbocycles. The van der Waals surface area contributed by atoms with Gasteiger partial charge in [0.05, 0.1) is 0 Å². The Hall–Kier alpha value is -2.96. The molecule has 1 aliphatic rings. The molecule has 1 aliphatic heterocycles. The van der Waals surface area contributed by atoms with Crippen LogP contribution in [0.25, 0.3) is 0 Å². The standard InChI is InChI=1S/C19H23N5O2/c1-12-5-4-6-15(9-12)11-23-7-8-24(14(3)17(23)25)18(26)16-10-13(2)21-19(20)22-16/h4-6,9-10,14H,7-8,11H2,1-3H3,(H2,20,21,22)/t14-/m1/s1. The summed E-state index contributed by atoms with van der Waals surface area (Å²) in [6, 6.07) is 9.14. The number of aryl methyl sites for hydroxylation is 2. The molecule has 0 bridgehead atoms. The van der Waals surface area contributed by atoms with Crippen LogP contribution in [0.15, 0.2) is 30.3 Å². The van der Waals surface area contributed by atoms with E-state index in [0.717, 1.165) is 11.1 Å². The molecule has 2 aromatic rings. The van der Waals surface area contributed by atoms with Gasteiger partial charge in [-0.15, -0.1) is 0 Å². The number of aromatic nitrogens is 2. The average molecular weight is 353 g/mol. The van der Waals surface area contributed by atoms with E-state index in [1.165, 1.54) is 0 Å². The van der Waals surface area contributed by atoms with Crippen LogP contribution in [0, 0.1) is 13.8 Å². The molecule has 2 amide bonds. The monoisotopic (exact) mass is 353 g/mol. The highest BCUT2D eigenvalue weighted by Crippen LogP contribution is 2.18. The quantitative estimate of drug-likeness (QED) is 0.904. The SMILES string of the molecule is Cc1cccc(CN2CCN(C(=O)c3cc(C)nc(N)n3)[C@H](C)C2=O)c1. The predicted octanol–water partition coefficient (Wildman–Crippen LogP) is 1.55. The highest BCUT2D eigenvalue weighted by molar-refractivity contribution is 5.97. The van der Waals surface area contributed by atoms with E-state index < -0.39 is 6.04 Å². The summed E-state index contributed by atoms with van der Waals surface area (Å²) in [4.78, 5) is 36.9. The highest BCUT2D eigenvalue weighted by Gasteiger charge is 2.35. The van der Waals surface area contributed by atoms with E-state index in [-0.39, 0.29) is 23.5 Å². The lowest BCUT2D eigenvalue weighted by atomic mass is 10.1. The van der Waals surface area contributed by atoms with Crippen molar-refractivity contribution in [1.82, 2.24) is 19.8 Å². The van der Waals surface area contributed by atoms with E-state index in [9.17, 15) is 9.59 Å². The molecule has 0 unspecified atom stereocenters. The summed E-state index contributed by atoms with van der Waals surface area (Å²) >= 11 is 0. The molecule has 136 valence electrons. The Bertz CT molecular complexity index is 831. The molecule has 2 N–H and O–H groups in total. The molecular formula is C19H23N5O2. The lowest BCUT2D eigenvalue weighted by Gasteiger charge is -2.39. The third-order valence-corrected chi connectivity index (χ3v) is 4.55. The smallest absolute Gasteiger partial charge is 0.273 e. The van der Waals surface area contributed by atoms with Crippen LogP contribution < -0.4 is 5.73 Å². The van der Waals surface area contributed by atoms with Crippen LogP contribution in [0.1, 0.15) is 34.2 Å². The number of carbonyl (C=O) groups is 2. The van der Waals surface area contributed by atoms with Crippen molar-refractivity contribution >= 4 is 17.8 Å². The zero-order valence-electron chi connectivity index (χ0n) is 15.3. The van der Waals surface area contributed by atoms with Crippen LogP contribution in [0.2, 0.25) is 0 Å². The van der Waals surface area contributed by atoms with Gasteiger partial charge in [-0.1, -0.05) is 29.8 Å². The largest absolute Gasteiger partial charge is 0.368 e. The topological polar surface area (TPSA) is 92.4 Å². The molecule has 3 rings (SSSR count). The van der Waals surface area contributed by atoms with Gasteiger partial charge in [-0.25, -0.2) is 9.97 Å². The number of benzene rings is 1. The molecule has 1 aromatic heterocycles. The van der Waals surface area contributed by atoms with Crippen LogP contribution in [0.3, 0.4) is 0 Å². The van der Waals surface area contributed by atoms with Gasteiger partial charge >= 0.3 is 0 Å². The van der Waals surface area contributed by atoms with Gasteiger partial charge in [0.25, 0.3) is 5.91 Å². The minimum Gasteiger partial charge on any atom is -0.368 e. The fraction of sp³-hybridized carbons (Fsp3) is 0.368. The Morgan fingerprint density at radius 2 is 2.00 bits per heavy atom. The van der Waals surface area contributed by atoms with Crippen molar-refractivity contribution < 1.29 is 9.59 Å². The molecule has 0 spiro atoms. The van der Waals surface area contributed by atoms with Crippen molar-refractivity contribution in [3.63, 3.8) is 0 Å².